The highest BCUT2D eigenvalue weighted by Crippen LogP contribution is 2.46. The van der Waals surface area contributed by atoms with Crippen LogP contribution in [-0.2, 0) is 16.1 Å². The van der Waals surface area contributed by atoms with Crippen molar-refractivity contribution in [3.8, 4) is 11.5 Å². The molecular formula is C36H36ClN3O4S. The highest BCUT2D eigenvalue weighted by molar-refractivity contribution is 8.17. The molecule has 1 atom stereocenters. The highest BCUT2D eigenvalue weighted by atomic mass is 35.5. The van der Waals surface area contributed by atoms with Gasteiger partial charge in [-0.05, 0) is 69.2 Å². The minimum Gasteiger partial charge on any atom is -0.490 e. The standard InChI is InChI=1S/C36H36ClN3O4S/c1-5-42-31-17-16-24(19-32(31)43-6-2)34-33(35(41)44-7-3)23(4)38-36-40(34)22-27(45-36)18-26-21-39(30-15-11-9-13-28(26)30)20-25-12-8-10-14-29(25)37/h8-19,21,34H,5-7,20,22H2,1-4H3/b27-18+/t34-/m0/s1. The second-order valence-corrected chi connectivity index (χ2v) is 12.3. The molecule has 2 aliphatic heterocycles. The third-order valence-electron chi connectivity index (χ3n) is 7.85. The van der Waals surface area contributed by atoms with E-state index in [1.807, 2.05) is 64.1 Å². The van der Waals surface area contributed by atoms with Gasteiger partial charge in [0.1, 0.15) is 0 Å². The molecule has 0 bridgehead atoms. The van der Waals surface area contributed by atoms with Crippen LogP contribution in [-0.4, -0.2) is 47.0 Å². The van der Waals surface area contributed by atoms with Crippen LogP contribution in [0.5, 0.6) is 11.5 Å². The van der Waals surface area contributed by atoms with Crippen molar-refractivity contribution in [2.45, 2.75) is 40.3 Å². The smallest absolute Gasteiger partial charge is 0.338 e. The Morgan fingerprint density at radius 3 is 2.53 bits per heavy atom. The number of esters is 1. The van der Waals surface area contributed by atoms with Gasteiger partial charge in [0.2, 0.25) is 0 Å². The summed E-state index contributed by atoms with van der Waals surface area (Å²) in [6.45, 7) is 10.2. The van der Waals surface area contributed by atoms with E-state index in [0.717, 1.165) is 42.7 Å². The number of rotatable bonds is 10. The van der Waals surface area contributed by atoms with E-state index in [4.69, 9.17) is 30.8 Å². The van der Waals surface area contributed by atoms with Crippen LogP contribution in [0.4, 0.5) is 0 Å². The summed E-state index contributed by atoms with van der Waals surface area (Å²) in [7, 11) is 0. The first-order chi connectivity index (χ1) is 21.9. The number of hydrogen-bond acceptors (Lipinski definition) is 7. The third-order valence-corrected chi connectivity index (χ3v) is 9.23. The number of aliphatic imine (C=N–C) groups is 1. The van der Waals surface area contributed by atoms with Crippen LogP contribution < -0.4 is 9.47 Å². The van der Waals surface area contributed by atoms with Crippen molar-refractivity contribution in [2.24, 2.45) is 4.99 Å². The number of amidine groups is 1. The molecule has 0 unspecified atom stereocenters. The Balaban J connectivity index is 1.38. The number of fused-ring (bicyclic) bond motifs is 2. The topological polar surface area (TPSA) is 65.3 Å². The number of hydrogen-bond donors (Lipinski definition) is 0. The molecule has 0 N–H and O–H groups in total. The number of para-hydroxylation sites is 1. The zero-order valence-corrected chi connectivity index (χ0v) is 27.5. The van der Waals surface area contributed by atoms with Crippen molar-refractivity contribution in [3.63, 3.8) is 0 Å². The van der Waals surface area contributed by atoms with E-state index in [0.29, 0.717) is 49.1 Å². The van der Waals surface area contributed by atoms with Crippen LogP contribution in [0, 0.1) is 0 Å². The molecule has 1 fully saturated rings. The van der Waals surface area contributed by atoms with Gasteiger partial charge in [0.15, 0.2) is 16.7 Å². The maximum Gasteiger partial charge on any atom is 0.338 e. The van der Waals surface area contributed by atoms with Crippen LogP contribution in [0.2, 0.25) is 5.02 Å². The van der Waals surface area contributed by atoms with E-state index < -0.39 is 6.04 Å². The molecule has 0 amide bonds. The van der Waals surface area contributed by atoms with E-state index in [2.05, 4.69) is 52.1 Å². The number of ether oxygens (including phenoxy) is 3. The molecule has 7 nitrogen and oxygen atoms in total. The third kappa shape index (κ3) is 6.22. The van der Waals surface area contributed by atoms with Crippen LogP contribution in [0.15, 0.2) is 94.1 Å². The number of nitrogens with zero attached hydrogens (tertiary/aromatic N) is 3. The summed E-state index contributed by atoms with van der Waals surface area (Å²) in [5.41, 5.74) is 5.42. The van der Waals surface area contributed by atoms with E-state index in [1.54, 1.807) is 11.8 Å². The first kappa shape index (κ1) is 30.9. The van der Waals surface area contributed by atoms with Crippen LogP contribution in [0.25, 0.3) is 17.0 Å². The molecule has 2 aliphatic rings. The van der Waals surface area contributed by atoms with E-state index in [-0.39, 0.29) is 12.6 Å². The minimum atomic E-state index is -0.397. The van der Waals surface area contributed by atoms with Gasteiger partial charge in [-0.15, -0.1) is 0 Å². The number of aromatic nitrogens is 1. The Hall–Kier alpha value is -4.14. The minimum absolute atomic E-state index is 0.282. The molecule has 4 aromatic rings. The molecule has 9 heteroatoms. The van der Waals surface area contributed by atoms with Crippen LogP contribution in [0.3, 0.4) is 0 Å². The fourth-order valence-electron chi connectivity index (χ4n) is 5.92. The van der Waals surface area contributed by atoms with E-state index >= 15 is 0 Å². The fraction of sp³-hybridized carbons (Fsp3) is 0.278. The Morgan fingerprint density at radius 2 is 1.76 bits per heavy atom. The number of halogens is 1. The summed E-state index contributed by atoms with van der Waals surface area (Å²) in [6.07, 6.45) is 4.42. The van der Waals surface area contributed by atoms with Gasteiger partial charge in [-0.3, -0.25) is 0 Å². The van der Waals surface area contributed by atoms with Crippen molar-refractivity contribution in [3.05, 3.63) is 111 Å². The largest absolute Gasteiger partial charge is 0.490 e. The van der Waals surface area contributed by atoms with Gasteiger partial charge >= 0.3 is 5.97 Å². The zero-order chi connectivity index (χ0) is 31.5. The lowest BCUT2D eigenvalue weighted by molar-refractivity contribution is -0.139. The lowest BCUT2D eigenvalue weighted by atomic mass is 9.94. The van der Waals surface area contributed by atoms with Gasteiger partial charge in [-0.1, -0.05) is 65.8 Å². The monoisotopic (exact) mass is 641 g/mol. The van der Waals surface area contributed by atoms with Gasteiger partial charge in [-0.25, -0.2) is 9.79 Å². The number of carbonyl (C=O) groups excluding carboxylic acids is 1. The number of carbonyl (C=O) groups is 1. The molecular weight excluding hydrogens is 606 g/mol. The Labute approximate surface area is 273 Å². The van der Waals surface area contributed by atoms with Crippen LogP contribution in [0.1, 0.15) is 50.4 Å². The van der Waals surface area contributed by atoms with Gasteiger partial charge in [0, 0.05) is 39.1 Å². The molecule has 0 saturated carbocycles. The maximum atomic E-state index is 13.4. The first-order valence-electron chi connectivity index (χ1n) is 15.2. The predicted octanol–water partition coefficient (Wildman–Crippen LogP) is 8.48. The Kier molecular flexibility index (Phi) is 9.24. The highest BCUT2D eigenvalue weighted by Gasteiger charge is 2.41. The van der Waals surface area contributed by atoms with Gasteiger partial charge in [-0.2, -0.15) is 0 Å². The summed E-state index contributed by atoms with van der Waals surface area (Å²) in [5, 5.41) is 2.77. The number of allylic oxidation sites excluding steroid dienone is 1. The lowest BCUT2D eigenvalue weighted by Crippen LogP contribution is -2.36. The van der Waals surface area contributed by atoms with Gasteiger partial charge < -0.3 is 23.7 Å². The van der Waals surface area contributed by atoms with Crippen LogP contribution >= 0.6 is 23.4 Å². The van der Waals surface area contributed by atoms with Crippen molar-refractivity contribution >= 4 is 51.5 Å². The molecule has 1 saturated heterocycles. The van der Waals surface area contributed by atoms with Gasteiger partial charge in [0.25, 0.3) is 0 Å². The van der Waals surface area contributed by atoms with Crippen molar-refractivity contribution < 1.29 is 19.0 Å². The van der Waals surface area contributed by atoms with Crippen molar-refractivity contribution in [2.75, 3.05) is 26.4 Å². The van der Waals surface area contributed by atoms with E-state index in [1.165, 1.54) is 0 Å². The molecule has 0 radical (unpaired) electrons. The Morgan fingerprint density at radius 1 is 1.00 bits per heavy atom. The summed E-state index contributed by atoms with van der Waals surface area (Å²) in [4.78, 5) is 21.6. The predicted molar refractivity (Wildman–Crippen MR) is 183 cm³/mol. The zero-order valence-electron chi connectivity index (χ0n) is 25.9. The van der Waals surface area contributed by atoms with Crippen molar-refractivity contribution in [1.29, 1.82) is 0 Å². The second kappa shape index (κ2) is 13.5. The second-order valence-electron chi connectivity index (χ2n) is 10.8. The molecule has 1 aromatic heterocycles. The molecule has 0 spiro atoms. The molecule has 3 aromatic carbocycles. The summed E-state index contributed by atoms with van der Waals surface area (Å²) < 4.78 is 19.6. The lowest BCUT2D eigenvalue weighted by Gasteiger charge is -2.34. The summed E-state index contributed by atoms with van der Waals surface area (Å²) in [5.74, 6) is 0.964. The Bertz CT molecular complexity index is 1840. The summed E-state index contributed by atoms with van der Waals surface area (Å²) in [6, 6.07) is 21.9. The molecule has 0 aliphatic carbocycles. The number of benzene rings is 3. The fourth-order valence-corrected chi connectivity index (χ4v) is 7.21. The number of thioether (sulfide) groups is 1. The molecule has 45 heavy (non-hydrogen) atoms. The normalized spacial score (nSPS) is 17.1. The maximum absolute atomic E-state index is 13.4. The SMILES string of the molecule is CCOC(=O)C1=C(C)N=C2S/C(=C/c3cn(Cc4ccccc4Cl)c4ccccc34)CN2[C@H]1c1ccc(OCC)c(OCC)c1. The van der Waals surface area contributed by atoms with E-state index in [9.17, 15) is 4.79 Å². The average Bonchev–Trinajstić information content (AvgIpc) is 3.59. The molecule has 232 valence electrons. The van der Waals surface area contributed by atoms with Gasteiger partial charge in [0.05, 0.1) is 43.7 Å². The first-order valence-corrected chi connectivity index (χ1v) is 16.4. The quantitative estimate of drug-likeness (QED) is 0.162. The molecule has 6 rings (SSSR count). The molecule has 3 heterocycles. The summed E-state index contributed by atoms with van der Waals surface area (Å²) >= 11 is 8.15. The average molecular weight is 642 g/mol. The van der Waals surface area contributed by atoms with Crippen molar-refractivity contribution in [1.82, 2.24) is 9.47 Å².